The quantitative estimate of drug-likeness (QED) is 0.622. The van der Waals surface area contributed by atoms with Gasteiger partial charge in [0.25, 0.3) is 0 Å². The number of hydrogen-bond acceptors (Lipinski definition) is 3. The molecule has 4 nitrogen and oxygen atoms in total. The smallest absolute Gasteiger partial charge is 0.240 e. The molecule has 0 heterocycles. The number of amides is 1. The SMILES string of the molecule is CC(=O)c1cccc(NCC(=O)NC(c2ccccc2)c2ccccc2)c1. The maximum Gasteiger partial charge on any atom is 0.240 e. The molecule has 0 aromatic heterocycles. The van der Waals surface area contributed by atoms with E-state index in [1.54, 1.807) is 18.2 Å². The Morgan fingerprint density at radius 3 is 1.96 bits per heavy atom. The van der Waals surface area contributed by atoms with Crippen LogP contribution in [0, 0.1) is 0 Å². The summed E-state index contributed by atoms with van der Waals surface area (Å²) in [5.74, 6) is -0.128. The van der Waals surface area contributed by atoms with Crippen molar-refractivity contribution in [3.8, 4) is 0 Å². The molecule has 0 aliphatic heterocycles. The molecule has 3 rings (SSSR count). The summed E-state index contributed by atoms with van der Waals surface area (Å²) in [6.07, 6.45) is 0. The molecule has 136 valence electrons. The van der Waals surface area contributed by atoms with Crippen LogP contribution in [0.25, 0.3) is 0 Å². The number of rotatable bonds is 7. The Bertz CT molecular complexity index is 868. The summed E-state index contributed by atoms with van der Waals surface area (Å²) in [5.41, 5.74) is 3.41. The van der Waals surface area contributed by atoms with Crippen LogP contribution in [-0.4, -0.2) is 18.2 Å². The minimum atomic E-state index is -0.217. The second-order valence-corrected chi connectivity index (χ2v) is 6.31. The van der Waals surface area contributed by atoms with Crippen molar-refractivity contribution in [1.82, 2.24) is 5.32 Å². The first kappa shape index (κ1) is 18.4. The molecule has 0 aliphatic carbocycles. The van der Waals surface area contributed by atoms with Crippen molar-refractivity contribution in [3.05, 3.63) is 102 Å². The molecule has 0 spiro atoms. The van der Waals surface area contributed by atoms with Gasteiger partial charge in [-0.2, -0.15) is 0 Å². The Balaban J connectivity index is 1.70. The van der Waals surface area contributed by atoms with E-state index in [0.717, 1.165) is 16.8 Å². The molecule has 0 radical (unpaired) electrons. The number of benzene rings is 3. The molecule has 3 aromatic rings. The molecule has 4 heteroatoms. The number of Topliss-reactive ketones (excluding diaryl/α,β-unsaturated/α-hetero) is 1. The van der Waals surface area contributed by atoms with Crippen LogP contribution in [0.1, 0.15) is 34.5 Å². The van der Waals surface area contributed by atoms with Gasteiger partial charge in [0.15, 0.2) is 5.78 Å². The van der Waals surface area contributed by atoms with Crippen LogP contribution in [0.3, 0.4) is 0 Å². The van der Waals surface area contributed by atoms with E-state index in [1.807, 2.05) is 66.7 Å². The molecular formula is C23H22N2O2. The van der Waals surface area contributed by atoms with Gasteiger partial charge in [-0.15, -0.1) is 0 Å². The topological polar surface area (TPSA) is 58.2 Å². The molecular weight excluding hydrogens is 336 g/mol. The lowest BCUT2D eigenvalue weighted by Gasteiger charge is -2.20. The van der Waals surface area contributed by atoms with Gasteiger partial charge in [0.05, 0.1) is 12.6 Å². The second kappa shape index (κ2) is 8.81. The number of ketones is 1. The van der Waals surface area contributed by atoms with Gasteiger partial charge < -0.3 is 10.6 Å². The Hall–Kier alpha value is -3.40. The fourth-order valence-corrected chi connectivity index (χ4v) is 2.89. The zero-order valence-electron chi connectivity index (χ0n) is 15.2. The zero-order chi connectivity index (χ0) is 19.1. The first-order chi connectivity index (χ1) is 13.1. The summed E-state index contributed by atoms with van der Waals surface area (Å²) < 4.78 is 0. The minimum absolute atomic E-state index is 0.00341. The standard InChI is InChI=1S/C23H22N2O2/c1-17(26)20-13-8-14-21(15-20)24-16-22(27)25-23(18-9-4-2-5-10-18)19-11-6-3-7-12-19/h2-15,23-24H,16H2,1H3,(H,25,27). The molecule has 2 N–H and O–H groups in total. The zero-order valence-corrected chi connectivity index (χ0v) is 15.2. The summed E-state index contributed by atoms with van der Waals surface area (Å²) >= 11 is 0. The maximum atomic E-state index is 12.6. The van der Waals surface area contributed by atoms with Gasteiger partial charge in [0.2, 0.25) is 5.91 Å². The summed E-state index contributed by atoms with van der Waals surface area (Å²) in [6, 6.07) is 26.7. The van der Waals surface area contributed by atoms with Crippen molar-refractivity contribution >= 4 is 17.4 Å². The molecule has 0 unspecified atom stereocenters. The second-order valence-electron chi connectivity index (χ2n) is 6.31. The fourth-order valence-electron chi connectivity index (χ4n) is 2.89. The van der Waals surface area contributed by atoms with E-state index >= 15 is 0 Å². The van der Waals surface area contributed by atoms with E-state index in [9.17, 15) is 9.59 Å². The summed E-state index contributed by atoms with van der Waals surface area (Å²) in [7, 11) is 0. The molecule has 0 atom stereocenters. The first-order valence-corrected chi connectivity index (χ1v) is 8.87. The Kier molecular flexibility index (Phi) is 6.00. The molecule has 0 saturated heterocycles. The molecule has 3 aromatic carbocycles. The average Bonchev–Trinajstić information content (AvgIpc) is 2.72. The monoisotopic (exact) mass is 358 g/mol. The van der Waals surface area contributed by atoms with Crippen molar-refractivity contribution in [2.45, 2.75) is 13.0 Å². The van der Waals surface area contributed by atoms with Gasteiger partial charge in [-0.05, 0) is 30.2 Å². The third-order valence-corrected chi connectivity index (χ3v) is 4.29. The van der Waals surface area contributed by atoms with Gasteiger partial charge in [0, 0.05) is 11.3 Å². The van der Waals surface area contributed by atoms with Crippen molar-refractivity contribution in [2.75, 3.05) is 11.9 Å². The molecule has 1 amide bonds. The molecule has 27 heavy (non-hydrogen) atoms. The van der Waals surface area contributed by atoms with E-state index in [0.29, 0.717) is 5.56 Å². The Morgan fingerprint density at radius 2 is 1.41 bits per heavy atom. The third kappa shape index (κ3) is 5.05. The van der Waals surface area contributed by atoms with E-state index < -0.39 is 0 Å². The number of anilines is 1. The van der Waals surface area contributed by atoms with Crippen molar-refractivity contribution < 1.29 is 9.59 Å². The third-order valence-electron chi connectivity index (χ3n) is 4.29. The largest absolute Gasteiger partial charge is 0.376 e. The van der Waals surface area contributed by atoms with Crippen LogP contribution in [-0.2, 0) is 4.79 Å². The Morgan fingerprint density at radius 1 is 0.815 bits per heavy atom. The van der Waals surface area contributed by atoms with Gasteiger partial charge in [-0.3, -0.25) is 9.59 Å². The average molecular weight is 358 g/mol. The summed E-state index contributed by atoms with van der Waals surface area (Å²) in [5, 5.41) is 6.17. The van der Waals surface area contributed by atoms with Gasteiger partial charge in [-0.1, -0.05) is 72.8 Å². The van der Waals surface area contributed by atoms with Crippen LogP contribution < -0.4 is 10.6 Å². The normalized spacial score (nSPS) is 10.4. The van der Waals surface area contributed by atoms with E-state index in [4.69, 9.17) is 0 Å². The highest BCUT2D eigenvalue weighted by atomic mass is 16.2. The van der Waals surface area contributed by atoms with Crippen LogP contribution in [0.4, 0.5) is 5.69 Å². The molecule has 0 bridgehead atoms. The highest BCUT2D eigenvalue weighted by Gasteiger charge is 2.16. The fraction of sp³-hybridized carbons (Fsp3) is 0.130. The lowest BCUT2D eigenvalue weighted by atomic mass is 9.99. The predicted octanol–water partition coefficient (Wildman–Crippen LogP) is 4.21. The Labute approximate surface area is 159 Å². The molecule has 0 aliphatic rings. The first-order valence-electron chi connectivity index (χ1n) is 8.87. The van der Waals surface area contributed by atoms with E-state index in [-0.39, 0.29) is 24.3 Å². The number of nitrogens with one attached hydrogen (secondary N) is 2. The summed E-state index contributed by atoms with van der Waals surface area (Å²) in [6.45, 7) is 1.65. The van der Waals surface area contributed by atoms with Crippen LogP contribution in [0.15, 0.2) is 84.9 Å². The highest BCUT2D eigenvalue weighted by molar-refractivity contribution is 5.95. The van der Waals surface area contributed by atoms with Crippen LogP contribution >= 0.6 is 0 Å². The maximum absolute atomic E-state index is 12.6. The number of hydrogen-bond donors (Lipinski definition) is 2. The van der Waals surface area contributed by atoms with Gasteiger partial charge >= 0.3 is 0 Å². The van der Waals surface area contributed by atoms with Crippen molar-refractivity contribution in [2.24, 2.45) is 0 Å². The lowest BCUT2D eigenvalue weighted by molar-refractivity contribution is -0.119. The highest BCUT2D eigenvalue weighted by Crippen LogP contribution is 2.21. The molecule has 0 saturated carbocycles. The van der Waals surface area contributed by atoms with E-state index in [2.05, 4.69) is 10.6 Å². The summed E-state index contributed by atoms with van der Waals surface area (Å²) in [4.78, 5) is 24.0. The van der Waals surface area contributed by atoms with Crippen LogP contribution in [0.2, 0.25) is 0 Å². The number of carbonyl (C=O) groups is 2. The van der Waals surface area contributed by atoms with Crippen molar-refractivity contribution in [1.29, 1.82) is 0 Å². The molecule has 0 fully saturated rings. The van der Waals surface area contributed by atoms with E-state index in [1.165, 1.54) is 6.92 Å². The number of carbonyl (C=O) groups excluding carboxylic acids is 2. The van der Waals surface area contributed by atoms with Gasteiger partial charge in [0.1, 0.15) is 0 Å². The minimum Gasteiger partial charge on any atom is -0.376 e. The lowest BCUT2D eigenvalue weighted by Crippen LogP contribution is -2.34. The van der Waals surface area contributed by atoms with Gasteiger partial charge in [-0.25, -0.2) is 0 Å². The predicted molar refractivity (Wildman–Crippen MR) is 108 cm³/mol. The van der Waals surface area contributed by atoms with Crippen LogP contribution in [0.5, 0.6) is 0 Å². The van der Waals surface area contributed by atoms with Crippen molar-refractivity contribution in [3.63, 3.8) is 0 Å².